The lowest BCUT2D eigenvalue weighted by Crippen LogP contribution is -2.09. The zero-order valence-corrected chi connectivity index (χ0v) is 9.07. The number of Topliss-reactive ketones (excluding diaryl/α,β-unsaturated/α-hetero) is 1. The van der Waals surface area contributed by atoms with Crippen molar-refractivity contribution in [3.63, 3.8) is 0 Å². The van der Waals surface area contributed by atoms with Crippen LogP contribution in [-0.2, 0) is 0 Å². The molecule has 1 aromatic carbocycles. The number of carbonyl (C=O) groups excluding carboxylic acids is 1. The van der Waals surface area contributed by atoms with Crippen LogP contribution in [0, 0.1) is 17.0 Å². The number of rotatable bonds is 4. The largest absolute Gasteiger partial charge is 0.434 e. The maximum Gasteiger partial charge on any atom is 0.387 e. The molecule has 0 aliphatic rings. The Kier molecular flexibility index (Phi) is 3.72. The topological polar surface area (TPSA) is 69.4 Å². The molecule has 0 atom stereocenters. The Hall–Kier alpha value is -2.05. The summed E-state index contributed by atoms with van der Waals surface area (Å²) in [6.07, 6.45) is 0. The number of nitro benzene ring substituents is 1. The van der Waals surface area contributed by atoms with Gasteiger partial charge in [-0.1, -0.05) is 0 Å². The van der Waals surface area contributed by atoms with Crippen LogP contribution >= 0.6 is 0 Å². The highest BCUT2D eigenvalue weighted by Crippen LogP contribution is 2.30. The summed E-state index contributed by atoms with van der Waals surface area (Å²) in [5.74, 6) is -0.919. The van der Waals surface area contributed by atoms with Crippen LogP contribution in [0.4, 0.5) is 14.5 Å². The first-order chi connectivity index (χ1) is 7.84. The fourth-order valence-electron chi connectivity index (χ4n) is 1.51. The lowest BCUT2D eigenvalue weighted by Gasteiger charge is -2.10. The number of hydrogen-bond donors (Lipinski definition) is 0. The van der Waals surface area contributed by atoms with Gasteiger partial charge in [0.05, 0.1) is 10.5 Å². The molecule has 1 aromatic rings. The molecule has 0 heterocycles. The first kappa shape index (κ1) is 13.0. The van der Waals surface area contributed by atoms with Gasteiger partial charge < -0.3 is 4.74 Å². The monoisotopic (exact) mass is 245 g/mol. The average Bonchev–Trinajstić information content (AvgIpc) is 2.15. The van der Waals surface area contributed by atoms with E-state index in [0.29, 0.717) is 0 Å². The summed E-state index contributed by atoms with van der Waals surface area (Å²) in [5, 5.41) is 10.6. The fraction of sp³-hybridized carbons (Fsp3) is 0.300. The van der Waals surface area contributed by atoms with E-state index in [2.05, 4.69) is 4.74 Å². The highest BCUT2D eigenvalue weighted by Gasteiger charge is 2.22. The molecule has 17 heavy (non-hydrogen) atoms. The predicted molar refractivity (Wildman–Crippen MR) is 54.5 cm³/mol. The third-order valence-electron chi connectivity index (χ3n) is 2.16. The van der Waals surface area contributed by atoms with Crippen LogP contribution in [0.25, 0.3) is 0 Å². The molecule has 1 rings (SSSR count). The van der Waals surface area contributed by atoms with Gasteiger partial charge in [-0.25, -0.2) is 0 Å². The summed E-state index contributed by atoms with van der Waals surface area (Å²) in [5.41, 5.74) is -0.489. The van der Waals surface area contributed by atoms with Crippen molar-refractivity contribution in [2.45, 2.75) is 20.5 Å². The lowest BCUT2D eigenvalue weighted by atomic mass is 10.0. The van der Waals surface area contributed by atoms with Gasteiger partial charge in [-0.05, 0) is 19.9 Å². The van der Waals surface area contributed by atoms with Gasteiger partial charge in [0, 0.05) is 11.6 Å². The molecular weight excluding hydrogens is 236 g/mol. The molecule has 0 aromatic heterocycles. The van der Waals surface area contributed by atoms with E-state index in [1.165, 1.54) is 6.92 Å². The highest BCUT2D eigenvalue weighted by atomic mass is 19.3. The van der Waals surface area contributed by atoms with Crippen molar-refractivity contribution in [2.24, 2.45) is 0 Å². The van der Waals surface area contributed by atoms with Crippen LogP contribution in [-0.4, -0.2) is 17.3 Å². The summed E-state index contributed by atoms with van der Waals surface area (Å²) in [7, 11) is 0. The summed E-state index contributed by atoms with van der Waals surface area (Å²) in [4.78, 5) is 21.2. The number of halogens is 2. The molecule has 0 bridgehead atoms. The maximum absolute atomic E-state index is 12.1. The van der Waals surface area contributed by atoms with Crippen molar-refractivity contribution in [1.82, 2.24) is 0 Å². The minimum atomic E-state index is -3.09. The summed E-state index contributed by atoms with van der Waals surface area (Å²) >= 11 is 0. The zero-order chi connectivity index (χ0) is 13.2. The standard InChI is InChI=1S/C10H9F2NO4/c1-5-7(13(15)16)3-4-8(17-10(11)12)9(5)6(2)14/h3-4,10H,1-2H3. The second kappa shape index (κ2) is 4.86. The van der Waals surface area contributed by atoms with E-state index in [4.69, 9.17) is 0 Å². The van der Waals surface area contributed by atoms with E-state index in [0.717, 1.165) is 19.1 Å². The SMILES string of the molecule is CC(=O)c1c(OC(F)F)ccc([N+](=O)[O-])c1C. The van der Waals surface area contributed by atoms with Gasteiger partial charge in [0.2, 0.25) is 0 Å². The van der Waals surface area contributed by atoms with Crippen molar-refractivity contribution in [2.75, 3.05) is 0 Å². The van der Waals surface area contributed by atoms with E-state index in [1.54, 1.807) is 0 Å². The number of benzene rings is 1. The lowest BCUT2D eigenvalue weighted by molar-refractivity contribution is -0.385. The van der Waals surface area contributed by atoms with Gasteiger partial charge in [0.15, 0.2) is 5.78 Å². The van der Waals surface area contributed by atoms with Crippen LogP contribution in [0.15, 0.2) is 12.1 Å². The number of nitrogens with zero attached hydrogens (tertiary/aromatic N) is 1. The van der Waals surface area contributed by atoms with E-state index in [1.807, 2.05) is 0 Å². The van der Waals surface area contributed by atoms with Gasteiger partial charge in [0.1, 0.15) is 5.75 Å². The van der Waals surface area contributed by atoms with Crippen molar-refractivity contribution in [1.29, 1.82) is 0 Å². The fourth-order valence-corrected chi connectivity index (χ4v) is 1.51. The van der Waals surface area contributed by atoms with Gasteiger partial charge in [-0.2, -0.15) is 8.78 Å². The first-order valence-corrected chi connectivity index (χ1v) is 4.58. The Morgan fingerprint density at radius 3 is 2.47 bits per heavy atom. The molecule has 0 N–H and O–H groups in total. The van der Waals surface area contributed by atoms with E-state index in [-0.39, 0.29) is 22.6 Å². The minimum Gasteiger partial charge on any atom is -0.434 e. The zero-order valence-electron chi connectivity index (χ0n) is 9.07. The summed E-state index contributed by atoms with van der Waals surface area (Å²) in [6.45, 7) is -0.647. The van der Waals surface area contributed by atoms with E-state index in [9.17, 15) is 23.7 Å². The molecule has 0 saturated heterocycles. The van der Waals surface area contributed by atoms with Crippen LogP contribution < -0.4 is 4.74 Å². The number of carbonyl (C=O) groups is 1. The third-order valence-corrected chi connectivity index (χ3v) is 2.16. The molecule has 7 heteroatoms. The number of ether oxygens (including phenoxy) is 1. The summed E-state index contributed by atoms with van der Waals surface area (Å²) < 4.78 is 28.3. The number of ketones is 1. The Morgan fingerprint density at radius 2 is 2.06 bits per heavy atom. The van der Waals surface area contributed by atoms with Crippen LogP contribution in [0.3, 0.4) is 0 Å². The summed E-state index contributed by atoms with van der Waals surface area (Å²) in [6, 6.07) is 2.02. The van der Waals surface area contributed by atoms with Gasteiger partial charge in [-0.3, -0.25) is 14.9 Å². The van der Waals surface area contributed by atoms with E-state index < -0.39 is 17.3 Å². The molecular formula is C10H9F2NO4. The van der Waals surface area contributed by atoms with Crippen molar-refractivity contribution in [3.8, 4) is 5.75 Å². The molecule has 5 nitrogen and oxygen atoms in total. The molecule has 0 fully saturated rings. The molecule has 0 saturated carbocycles. The minimum absolute atomic E-state index is 0.0145. The van der Waals surface area contributed by atoms with Gasteiger partial charge >= 0.3 is 6.61 Å². The molecule has 0 radical (unpaired) electrons. The second-order valence-electron chi connectivity index (χ2n) is 3.27. The van der Waals surface area contributed by atoms with Crippen LogP contribution in [0.1, 0.15) is 22.8 Å². The highest BCUT2D eigenvalue weighted by molar-refractivity contribution is 5.99. The normalized spacial score (nSPS) is 10.4. The molecule has 0 aliphatic carbocycles. The Balaban J connectivity index is 3.39. The Morgan fingerprint density at radius 1 is 1.47 bits per heavy atom. The molecule has 92 valence electrons. The average molecular weight is 245 g/mol. The Labute approximate surface area is 95.2 Å². The van der Waals surface area contributed by atoms with Crippen molar-refractivity contribution >= 4 is 11.5 Å². The van der Waals surface area contributed by atoms with Crippen LogP contribution in [0.2, 0.25) is 0 Å². The number of alkyl halides is 2. The third kappa shape index (κ3) is 2.74. The molecule has 0 spiro atoms. The molecule has 0 unspecified atom stereocenters. The predicted octanol–water partition coefficient (Wildman–Crippen LogP) is 2.71. The van der Waals surface area contributed by atoms with Crippen LogP contribution in [0.5, 0.6) is 5.75 Å². The van der Waals surface area contributed by atoms with Gasteiger partial charge in [-0.15, -0.1) is 0 Å². The molecule has 0 aliphatic heterocycles. The first-order valence-electron chi connectivity index (χ1n) is 4.58. The Bertz CT molecular complexity index is 474. The van der Waals surface area contributed by atoms with E-state index >= 15 is 0 Å². The van der Waals surface area contributed by atoms with Crippen molar-refractivity contribution < 1.29 is 23.2 Å². The second-order valence-corrected chi connectivity index (χ2v) is 3.27. The molecule has 0 amide bonds. The van der Waals surface area contributed by atoms with Crippen molar-refractivity contribution in [3.05, 3.63) is 33.4 Å². The van der Waals surface area contributed by atoms with Gasteiger partial charge in [0.25, 0.3) is 5.69 Å². The smallest absolute Gasteiger partial charge is 0.387 e. The number of nitro groups is 1. The number of hydrogen-bond acceptors (Lipinski definition) is 4. The maximum atomic E-state index is 12.1. The quantitative estimate of drug-likeness (QED) is 0.464.